The van der Waals surface area contributed by atoms with E-state index in [9.17, 15) is 48.9 Å². The molecule has 3 saturated carbocycles. The fraction of sp³-hybridized carbons (Fsp3) is 0.756. The number of aliphatic carboxylic acids is 3. The van der Waals surface area contributed by atoms with Crippen LogP contribution in [0.3, 0.4) is 0 Å². The van der Waals surface area contributed by atoms with Crippen molar-refractivity contribution in [1.29, 1.82) is 0 Å². The number of ketones is 2. The third-order valence-electron chi connectivity index (χ3n) is 15.2. The molecule has 5 aliphatic rings. The molecule has 4 aliphatic carbocycles. The highest BCUT2D eigenvalue weighted by atomic mass is 16.5. The number of esters is 1. The number of carbonyl (C=O) groups excluding carboxylic acids is 4. The number of carbonyl (C=O) groups is 7. The van der Waals surface area contributed by atoms with Crippen LogP contribution in [0.2, 0.25) is 0 Å². The summed E-state index contributed by atoms with van der Waals surface area (Å²) in [6.45, 7) is 6.69. The van der Waals surface area contributed by atoms with Crippen LogP contribution in [0.4, 0.5) is 0 Å². The van der Waals surface area contributed by atoms with Crippen LogP contribution in [0.1, 0.15) is 90.2 Å². The lowest BCUT2D eigenvalue weighted by Crippen LogP contribution is -2.51. The molecule has 0 spiro atoms. The van der Waals surface area contributed by atoms with Gasteiger partial charge in [-0.3, -0.25) is 57.8 Å². The van der Waals surface area contributed by atoms with Crippen molar-refractivity contribution in [2.75, 3.05) is 85.1 Å². The van der Waals surface area contributed by atoms with Crippen LogP contribution < -0.4 is 5.32 Å². The molecule has 2 heterocycles. The van der Waals surface area contributed by atoms with Gasteiger partial charge in [-0.2, -0.15) is 0 Å². The minimum atomic E-state index is -1.03. The first-order chi connectivity index (χ1) is 30.5. The molecule has 6 atom stereocenters. The van der Waals surface area contributed by atoms with E-state index < -0.39 is 23.9 Å². The van der Waals surface area contributed by atoms with E-state index in [1.54, 1.807) is 25.6 Å². The Bertz CT molecular complexity index is 1870. The number of aryl methyl sites for hydroxylation is 1. The highest BCUT2D eigenvalue weighted by Gasteiger charge is 2.60. The van der Waals surface area contributed by atoms with Crippen molar-refractivity contribution in [2.45, 2.75) is 97.6 Å². The van der Waals surface area contributed by atoms with E-state index in [0.29, 0.717) is 75.4 Å². The molecule has 4 fully saturated rings. The predicted octanol–water partition coefficient (Wildman–Crippen LogP) is 1.80. The summed E-state index contributed by atoms with van der Waals surface area (Å²) in [6.07, 6.45) is 12.5. The summed E-state index contributed by atoms with van der Waals surface area (Å²) in [4.78, 5) is 93.1. The van der Waals surface area contributed by atoms with Crippen LogP contribution in [-0.4, -0.2) is 176 Å². The van der Waals surface area contributed by atoms with Gasteiger partial charge in [0.1, 0.15) is 12.3 Å². The molecule has 0 aromatic carbocycles. The lowest BCUT2D eigenvalue weighted by molar-refractivity contribution is -0.151. The number of ether oxygens (including phenoxy) is 1. The molecule has 6 unspecified atom stereocenters. The van der Waals surface area contributed by atoms with Crippen molar-refractivity contribution in [3.05, 3.63) is 23.5 Å². The highest BCUT2D eigenvalue weighted by molar-refractivity contribution is 5.91. The number of fused-ring (bicyclic) bond motifs is 5. The van der Waals surface area contributed by atoms with E-state index in [2.05, 4.69) is 29.5 Å². The van der Waals surface area contributed by atoms with Crippen LogP contribution in [0.25, 0.3) is 0 Å². The van der Waals surface area contributed by atoms with Gasteiger partial charge in [-0.05, 0) is 92.4 Å². The van der Waals surface area contributed by atoms with Gasteiger partial charge in [0.15, 0.2) is 11.6 Å². The minimum absolute atomic E-state index is 0.0206. The van der Waals surface area contributed by atoms with Crippen molar-refractivity contribution < 1.29 is 53.6 Å². The average Bonchev–Trinajstić information content (AvgIpc) is 3.85. The van der Waals surface area contributed by atoms with Gasteiger partial charge < -0.3 is 25.4 Å². The van der Waals surface area contributed by atoms with Crippen molar-refractivity contribution in [3.63, 3.8) is 0 Å². The van der Waals surface area contributed by atoms with E-state index >= 15 is 0 Å². The Hall–Kier alpha value is -4.59. The van der Waals surface area contributed by atoms with Gasteiger partial charge in [-0.15, -0.1) is 5.10 Å². The van der Waals surface area contributed by atoms with Crippen molar-refractivity contribution in [3.8, 4) is 0 Å². The molecule has 354 valence electrons. The molecule has 1 aromatic heterocycles. The number of allylic oxidation sites excluding steroid dienone is 1. The number of nitrogens with one attached hydrogen (secondary N) is 1. The average molecular weight is 897 g/mol. The van der Waals surface area contributed by atoms with Crippen LogP contribution in [-0.2, 0) is 51.4 Å². The Morgan fingerprint density at radius 2 is 1.34 bits per heavy atom. The van der Waals surface area contributed by atoms with Gasteiger partial charge in [0.05, 0.1) is 38.9 Å². The van der Waals surface area contributed by atoms with Gasteiger partial charge in [0, 0.05) is 77.7 Å². The van der Waals surface area contributed by atoms with Gasteiger partial charge in [-0.25, -0.2) is 0 Å². The summed E-state index contributed by atoms with van der Waals surface area (Å²) >= 11 is 0. The summed E-state index contributed by atoms with van der Waals surface area (Å²) in [5.41, 5.74) is 1.88. The van der Waals surface area contributed by atoms with Gasteiger partial charge >= 0.3 is 23.9 Å². The van der Waals surface area contributed by atoms with Crippen molar-refractivity contribution >= 4 is 41.4 Å². The first-order valence-electron chi connectivity index (χ1n) is 23.1. The van der Waals surface area contributed by atoms with E-state index in [1.807, 2.05) is 11.0 Å². The summed E-state index contributed by atoms with van der Waals surface area (Å²) in [5.74, 6) is -2.00. The molecule has 1 amide bonds. The number of amides is 1. The third-order valence-corrected chi connectivity index (χ3v) is 15.2. The number of hydrogen-bond donors (Lipinski definition) is 4. The topological polar surface area (TPSA) is 245 Å². The fourth-order valence-electron chi connectivity index (χ4n) is 11.7. The monoisotopic (exact) mass is 897 g/mol. The smallest absolute Gasteiger partial charge is 0.317 e. The number of Topliss-reactive ketones (excluding diaryl/α,β-unsaturated/α-hetero) is 1. The molecule has 1 saturated heterocycles. The number of carboxylic acids is 3. The fourth-order valence-corrected chi connectivity index (χ4v) is 11.7. The largest absolute Gasteiger partial charge is 0.480 e. The SMILES string of the molecule is CC12CCC(=O)C=C1CCC1C2CCC2(C)C(C(=O)COC(=O)CCCCn3cc(CNC(=O)CN4CCN(CC(=O)O)CCN(CC(=O)O)CCN(CC(=O)O)CC4)nn3)CCC12. The zero-order valence-electron chi connectivity index (χ0n) is 37.6. The molecule has 19 nitrogen and oxygen atoms in total. The summed E-state index contributed by atoms with van der Waals surface area (Å²) in [5, 5.41) is 39.5. The van der Waals surface area contributed by atoms with E-state index in [1.165, 1.54) is 5.57 Å². The molecular weight excluding hydrogens is 829 g/mol. The normalized spacial score (nSPS) is 28.7. The zero-order chi connectivity index (χ0) is 46.0. The van der Waals surface area contributed by atoms with Gasteiger partial charge in [0.2, 0.25) is 5.91 Å². The zero-order valence-corrected chi connectivity index (χ0v) is 37.6. The Morgan fingerprint density at radius 1 is 0.750 bits per heavy atom. The Kier molecular flexibility index (Phi) is 16.8. The summed E-state index contributed by atoms with van der Waals surface area (Å²) < 4.78 is 7.16. The summed E-state index contributed by atoms with van der Waals surface area (Å²) in [7, 11) is 0. The molecule has 64 heavy (non-hydrogen) atoms. The maximum atomic E-state index is 13.6. The van der Waals surface area contributed by atoms with Crippen LogP contribution >= 0.6 is 0 Å². The van der Waals surface area contributed by atoms with E-state index in [0.717, 1.165) is 44.9 Å². The van der Waals surface area contributed by atoms with Crippen molar-refractivity contribution in [1.82, 2.24) is 39.9 Å². The Morgan fingerprint density at radius 3 is 1.94 bits per heavy atom. The highest BCUT2D eigenvalue weighted by Crippen LogP contribution is 2.66. The Balaban J connectivity index is 0.899. The van der Waals surface area contributed by atoms with Gasteiger partial charge in [0.25, 0.3) is 0 Å². The number of rotatable bonds is 18. The molecule has 0 radical (unpaired) electrons. The first-order valence-corrected chi connectivity index (χ1v) is 23.1. The second-order valence-electron chi connectivity index (χ2n) is 19.3. The quantitative estimate of drug-likeness (QED) is 0.121. The van der Waals surface area contributed by atoms with E-state index in [-0.39, 0.29) is 106 Å². The molecule has 4 N–H and O–H groups in total. The number of aromatic nitrogens is 3. The molecule has 0 bridgehead atoms. The minimum Gasteiger partial charge on any atom is -0.480 e. The lowest BCUT2D eigenvalue weighted by Gasteiger charge is -2.58. The van der Waals surface area contributed by atoms with Crippen molar-refractivity contribution in [2.24, 2.45) is 34.5 Å². The third kappa shape index (κ3) is 12.8. The second-order valence-corrected chi connectivity index (χ2v) is 19.3. The number of hydrogen-bond acceptors (Lipinski definition) is 14. The predicted molar refractivity (Wildman–Crippen MR) is 231 cm³/mol. The first kappa shape index (κ1) is 48.9. The molecular formula is C45H68N8O11. The van der Waals surface area contributed by atoms with Gasteiger partial charge in [-0.1, -0.05) is 24.6 Å². The standard InChI is InChI=1S/C45H68N8O11/c1-44-12-10-33(54)23-31(44)6-7-34-35-8-9-37(45(35,2)13-11-36(34)44)38(55)30-64-43(63)5-3-4-14-53-25-32(47-48-53)24-46-39(56)26-49-15-17-50(27-40(57)58)19-21-52(29-42(61)62)22-20-51(18-16-49)28-41(59)60/h23,25,34-37H,3-22,24,26-30H2,1-2H3,(H,46,56)(H,57,58)(H,59,60)(H,61,62). The molecule has 19 heteroatoms. The molecule has 1 aromatic rings. The van der Waals surface area contributed by atoms with E-state index in [4.69, 9.17) is 4.74 Å². The molecule has 6 rings (SSSR count). The maximum Gasteiger partial charge on any atom is 0.317 e. The number of carboxylic acid groups (broad SMARTS) is 3. The number of unbranched alkanes of at least 4 members (excludes halogenated alkanes) is 1. The molecule has 1 aliphatic heterocycles. The Labute approximate surface area is 374 Å². The second kappa shape index (κ2) is 22.1. The number of nitrogens with zero attached hydrogens (tertiary/aromatic N) is 7. The lowest BCUT2D eigenvalue weighted by atomic mass is 9.46. The summed E-state index contributed by atoms with van der Waals surface area (Å²) in [6, 6.07) is 0. The van der Waals surface area contributed by atoms with Crippen LogP contribution in [0.5, 0.6) is 0 Å². The maximum absolute atomic E-state index is 13.6. The van der Waals surface area contributed by atoms with Crippen LogP contribution in [0.15, 0.2) is 17.8 Å². The van der Waals surface area contributed by atoms with Crippen LogP contribution in [0, 0.1) is 34.5 Å².